The average Bonchev–Trinajstić information content (AvgIpc) is 3.04. The molecular weight excluding hydrogens is 596 g/mol. The Morgan fingerprint density at radius 1 is 0.600 bits per heavy atom. The second-order valence-electron chi connectivity index (χ2n) is 10.3. The van der Waals surface area contributed by atoms with E-state index in [1.165, 1.54) is 48.5 Å². The molecule has 2 N–H and O–H groups in total. The molecule has 2 aromatic heterocycles. The minimum atomic E-state index is -4.23. The Hall–Kier alpha value is -5.87. The first-order valence-electron chi connectivity index (χ1n) is 13.7. The predicted molar refractivity (Wildman–Crippen MR) is 167 cm³/mol. The summed E-state index contributed by atoms with van der Waals surface area (Å²) >= 11 is 0. The van der Waals surface area contributed by atoms with Crippen LogP contribution >= 0.6 is 0 Å². The van der Waals surface area contributed by atoms with E-state index < -0.39 is 38.8 Å². The lowest BCUT2D eigenvalue weighted by Gasteiger charge is -2.20. The Balaban J connectivity index is 1.36. The van der Waals surface area contributed by atoms with E-state index in [-0.39, 0.29) is 49.3 Å². The number of benzene rings is 5. The van der Waals surface area contributed by atoms with Crippen LogP contribution in [0.1, 0.15) is 22.6 Å². The molecule has 7 aromatic rings. The number of rotatable bonds is 6. The molecule has 0 radical (unpaired) electrons. The number of aromatic hydroxyl groups is 2. The normalized spacial score (nSPS) is 11.8. The van der Waals surface area contributed by atoms with E-state index in [2.05, 4.69) is 0 Å². The van der Waals surface area contributed by atoms with Gasteiger partial charge < -0.3 is 23.2 Å². The van der Waals surface area contributed by atoms with Gasteiger partial charge in [0.05, 0.1) is 27.8 Å². The first-order valence-corrected chi connectivity index (χ1v) is 15.1. The second-order valence-corrected chi connectivity index (χ2v) is 11.9. The van der Waals surface area contributed by atoms with Crippen molar-refractivity contribution in [3.63, 3.8) is 0 Å². The van der Waals surface area contributed by atoms with Gasteiger partial charge in [-0.05, 0) is 64.9 Å². The van der Waals surface area contributed by atoms with Crippen LogP contribution in [0.25, 0.3) is 32.7 Å². The molecule has 222 valence electrons. The van der Waals surface area contributed by atoms with Crippen LogP contribution in [0.15, 0.2) is 139 Å². The third kappa shape index (κ3) is 4.87. The van der Waals surface area contributed by atoms with Gasteiger partial charge in [0.2, 0.25) is 0 Å². The Morgan fingerprint density at radius 2 is 1.11 bits per heavy atom. The molecule has 0 unspecified atom stereocenters. The van der Waals surface area contributed by atoms with Gasteiger partial charge in [-0.15, -0.1) is 0 Å². The summed E-state index contributed by atoms with van der Waals surface area (Å²) in [5, 5.41) is 24.7. The lowest BCUT2D eigenvalue weighted by atomic mass is 9.84. The van der Waals surface area contributed by atoms with Gasteiger partial charge in [-0.25, -0.2) is 9.59 Å². The highest BCUT2D eigenvalue weighted by Gasteiger charge is 2.32. The summed E-state index contributed by atoms with van der Waals surface area (Å²) in [7, 11) is -4.23. The van der Waals surface area contributed by atoms with E-state index in [0.717, 1.165) is 10.8 Å². The summed E-state index contributed by atoms with van der Waals surface area (Å²) in [4.78, 5) is 26.7. The van der Waals surface area contributed by atoms with Crippen LogP contribution in [-0.2, 0) is 10.1 Å². The molecule has 0 atom stereocenters. The molecule has 0 bridgehead atoms. The van der Waals surface area contributed by atoms with Crippen LogP contribution in [0.4, 0.5) is 0 Å². The molecule has 0 aliphatic rings. The lowest BCUT2D eigenvalue weighted by Crippen LogP contribution is -2.21. The smallest absolute Gasteiger partial charge is 0.344 e. The third-order valence-electron chi connectivity index (χ3n) is 7.65. The van der Waals surface area contributed by atoms with Gasteiger partial charge in [-0.2, -0.15) is 8.42 Å². The summed E-state index contributed by atoms with van der Waals surface area (Å²) in [5.41, 5.74) is -2.03. The molecule has 0 spiro atoms. The molecule has 0 saturated carbocycles. The third-order valence-corrected chi connectivity index (χ3v) is 8.89. The van der Waals surface area contributed by atoms with Gasteiger partial charge in [-0.3, -0.25) is 0 Å². The molecule has 0 aliphatic carbocycles. The SMILES string of the molecule is O=c1oc2ccccc2c(O)c1C(c1ccc(OS(=O)(=O)c2ccc3ccccc3c2)cc1)c1c(O)c2ccccc2oc1=O. The maximum Gasteiger partial charge on any atom is 0.344 e. The molecule has 2 heterocycles. The first-order chi connectivity index (χ1) is 21.7. The van der Waals surface area contributed by atoms with Crippen LogP contribution in [0.5, 0.6) is 17.2 Å². The average molecular weight is 619 g/mol. The largest absolute Gasteiger partial charge is 0.507 e. The Morgan fingerprint density at radius 3 is 1.69 bits per heavy atom. The van der Waals surface area contributed by atoms with E-state index in [9.17, 15) is 28.2 Å². The standard InChI is InChI=1S/C35H22O9S/c36-32-25-9-3-5-11-27(25)42-34(38)30(32)29(31-33(37)26-10-4-6-12-28(26)43-35(31)39)21-13-16-23(17-14-21)44-45(40,41)24-18-15-20-7-1-2-8-22(20)19-24/h1-19,29,36-37H. The fourth-order valence-corrected chi connectivity index (χ4v) is 6.46. The van der Waals surface area contributed by atoms with Crippen molar-refractivity contribution in [2.24, 2.45) is 0 Å². The number of fused-ring (bicyclic) bond motifs is 3. The van der Waals surface area contributed by atoms with Gasteiger partial charge in [0, 0.05) is 0 Å². The maximum atomic E-state index is 13.4. The van der Waals surface area contributed by atoms with E-state index in [4.69, 9.17) is 13.0 Å². The molecule has 10 heteroatoms. The van der Waals surface area contributed by atoms with Crippen molar-refractivity contribution in [3.8, 4) is 17.2 Å². The van der Waals surface area contributed by atoms with Gasteiger partial charge in [0.1, 0.15) is 33.3 Å². The maximum absolute atomic E-state index is 13.4. The van der Waals surface area contributed by atoms with Crippen molar-refractivity contribution < 1.29 is 31.6 Å². The van der Waals surface area contributed by atoms with Crippen LogP contribution in [0.2, 0.25) is 0 Å². The molecule has 0 amide bonds. The van der Waals surface area contributed by atoms with Gasteiger partial charge in [-0.1, -0.05) is 66.7 Å². The van der Waals surface area contributed by atoms with E-state index in [0.29, 0.717) is 0 Å². The first kappa shape index (κ1) is 27.9. The van der Waals surface area contributed by atoms with Crippen molar-refractivity contribution >= 4 is 42.8 Å². The van der Waals surface area contributed by atoms with E-state index in [1.54, 1.807) is 54.6 Å². The van der Waals surface area contributed by atoms with Gasteiger partial charge in [0.15, 0.2) is 0 Å². The fraction of sp³-hybridized carbons (Fsp3) is 0.0286. The fourth-order valence-electron chi connectivity index (χ4n) is 5.50. The molecule has 7 rings (SSSR count). The molecular formula is C35H22O9S. The zero-order chi connectivity index (χ0) is 31.3. The van der Waals surface area contributed by atoms with Crippen molar-refractivity contribution in [2.75, 3.05) is 0 Å². The molecule has 0 fully saturated rings. The van der Waals surface area contributed by atoms with Crippen molar-refractivity contribution in [1.29, 1.82) is 0 Å². The van der Waals surface area contributed by atoms with Crippen LogP contribution < -0.4 is 15.4 Å². The zero-order valence-corrected chi connectivity index (χ0v) is 24.0. The highest BCUT2D eigenvalue weighted by atomic mass is 32.2. The molecule has 0 aliphatic heterocycles. The van der Waals surface area contributed by atoms with Gasteiger partial charge >= 0.3 is 21.4 Å². The number of hydrogen-bond acceptors (Lipinski definition) is 9. The van der Waals surface area contributed by atoms with E-state index >= 15 is 0 Å². The van der Waals surface area contributed by atoms with Crippen LogP contribution in [0, 0.1) is 0 Å². The quantitative estimate of drug-likeness (QED) is 0.159. The van der Waals surface area contributed by atoms with Crippen LogP contribution in [-0.4, -0.2) is 18.6 Å². The monoisotopic (exact) mass is 618 g/mol. The number of hydrogen-bond donors (Lipinski definition) is 2. The number of para-hydroxylation sites is 2. The molecule has 9 nitrogen and oxygen atoms in total. The lowest BCUT2D eigenvalue weighted by molar-refractivity contribution is 0.441. The topological polar surface area (TPSA) is 144 Å². The highest BCUT2D eigenvalue weighted by molar-refractivity contribution is 7.87. The highest BCUT2D eigenvalue weighted by Crippen LogP contribution is 2.42. The zero-order valence-electron chi connectivity index (χ0n) is 23.2. The minimum absolute atomic E-state index is 0.0412. The Bertz CT molecular complexity index is 2400. The molecule has 45 heavy (non-hydrogen) atoms. The van der Waals surface area contributed by atoms with Crippen molar-refractivity contribution in [2.45, 2.75) is 10.8 Å². The van der Waals surface area contributed by atoms with Gasteiger partial charge in [0.25, 0.3) is 0 Å². The molecule has 5 aromatic carbocycles. The van der Waals surface area contributed by atoms with Crippen molar-refractivity contribution in [1.82, 2.24) is 0 Å². The predicted octanol–water partition coefficient (Wildman–Crippen LogP) is 6.41. The Kier molecular flexibility index (Phi) is 6.63. The van der Waals surface area contributed by atoms with Crippen molar-refractivity contribution in [3.05, 3.63) is 153 Å². The summed E-state index contributed by atoms with van der Waals surface area (Å²) in [5.74, 6) is -2.32. The summed E-state index contributed by atoms with van der Waals surface area (Å²) in [6, 6.07) is 30.2. The second kappa shape index (κ2) is 10.7. The molecule has 0 saturated heterocycles. The minimum Gasteiger partial charge on any atom is -0.507 e. The van der Waals surface area contributed by atoms with Crippen LogP contribution in [0.3, 0.4) is 0 Å². The van der Waals surface area contributed by atoms with E-state index in [1.807, 2.05) is 12.1 Å². The summed E-state index contributed by atoms with van der Waals surface area (Å²) < 4.78 is 42.7. The Labute approximate surface area is 254 Å². The summed E-state index contributed by atoms with van der Waals surface area (Å²) in [6.45, 7) is 0. The summed E-state index contributed by atoms with van der Waals surface area (Å²) in [6.07, 6.45) is 0.